The molecule has 1 spiro atoms. The van der Waals surface area contributed by atoms with Crippen molar-refractivity contribution in [3.63, 3.8) is 0 Å². The fourth-order valence-electron chi connectivity index (χ4n) is 6.48. The maximum absolute atomic E-state index is 14.7. The molecule has 1 saturated heterocycles. The lowest BCUT2D eigenvalue weighted by molar-refractivity contribution is -0.122. The molecule has 1 N–H and O–H groups in total. The third-order valence-corrected chi connectivity index (χ3v) is 7.97. The molecule has 0 saturated carbocycles. The molecule has 38 heavy (non-hydrogen) atoms. The average Bonchev–Trinajstić information content (AvgIpc) is 3.40. The number of ether oxygens (including phenoxy) is 2. The van der Waals surface area contributed by atoms with Crippen LogP contribution in [-0.4, -0.2) is 43.8 Å². The van der Waals surface area contributed by atoms with Gasteiger partial charge in [0.2, 0.25) is 5.91 Å². The second-order valence-corrected chi connectivity index (χ2v) is 9.75. The van der Waals surface area contributed by atoms with Crippen molar-refractivity contribution in [1.82, 2.24) is 0 Å². The van der Waals surface area contributed by atoms with E-state index in [4.69, 9.17) is 9.47 Å². The van der Waals surface area contributed by atoms with E-state index in [9.17, 15) is 18.8 Å². The number of amides is 1. The first kappa shape index (κ1) is 23.9. The highest BCUT2D eigenvalue weighted by Crippen LogP contribution is 2.58. The minimum atomic E-state index is -1.43. The number of hydrogen-bond acceptors (Lipinski definition) is 6. The number of nitrogens with one attached hydrogen (secondary N) is 1. The minimum absolute atomic E-state index is 0.211. The number of anilines is 2. The minimum Gasteiger partial charge on any atom is -0.497 e. The van der Waals surface area contributed by atoms with Crippen molar-refractivity contribution in [2.75, 3.05) is 24.4 Å². The van der Waals surface area contributed by atoms with Gasteiger partial charge in [-0.2, -0.15) is 0 Å². The number of carbonyl (C=O) groups is 3. The molecule has 0 aliphatic carbocycles. The van der Waals surface area contributed by atoms with E-state index in [0.717, 1.165) is 0 Å². The van der Waals surface area contributed by atoms with Gasteiger partial charge in [0.25, 0.3) is 0 Å². The summed E-state index contributed by atoms with van der Waals surface area (Å²) in [5, 5.41) is 2.96. The highest BCUT2D eigenvalue weighted by Gasteiger charge is 2.70. The molecule has 7 nitrogen and oxygen atoms in total. The van der Waals surface area contributed by atoms with Gasteiger partial charge in [-0.3, -0.25) is 14.4 Å². The number of Topliss-reactive ketones (excluding diaryl/α,β-unsaturated/α-hetero) is 2. The van der Waals surface area contributed by atoms with Gasteiger partial charge in [-0.1, -0.05) is 30.4 Å². The average molecular weight is 513 g/mol. The predicted molar refractivity (Wildman–Crippen MR) is 140 cm³/mol. The molecule has 4 atom stereocenters. The van der Waals surface area contributed by atoms with Gasteiger partial charge in [0.05, 0.1) is 37.8 Å². The van der Waals surface area contributed by atoms with Gasteiger partial charge in [0, 0.05) is 16.9 Å². The van der Waals surface area contributed by atoms with Crippen LogP contribution in [0.15, 0.2) is 66.7 Å². The Morgan fingerprint density at radius 2 is 1.82 bits per heavy atom. The van der Waals surface area contributed by atoms with E-state index in [1.54, 1.807) is 42.5 Å². The van der Waals surface area contributed by atoms with E-state index >= 15 is 0 Å². The van der Waals surface area contributed by atoms with Crippen LogP contribution in [-0.2, 0) is 15.0 Å². The highest BCUT2D eigenvalue weighted by atomic mass is 19.1. The molecule has 192 valence electrons. The third kappa shape index (κ3) is 3.09. The standard InChI is InChI=1S/C30H25FN2O5/c1-16(34)27-26(28(35)20-15-19(37-2)10-12-24(20)38-3)30(21-6-4-5-7-22(21)32-29(30)36)25-13-8-17-14-18(31)9-11-23(17)33(25)27/h4-15,25-27H,1-3H3,(H,32,36)/t25-,26+,27+,30-/m1/s1. The number of halogens is 1. The monoisotopic (exact) mass is 512 g/mol. The van der Waals surface area contributed by atoms with Crippen molar-refractivity contribution < 1.29 is 28.2 Å². The second kappa shape index (κ2) is 8.55. The first-order chi connectivity index (χ1) is 18.3. The Kier molecular flexibility index (Phi) is 5.38. The summed E-state index contributed by atoms with van der Waals surface area (Å²) < 4.78 is 25.1. The fraction of sp³-hybridized carbons (Fsp3) is 0.233. The molecule has 1 amide bonds. The van der Waals surface area contributed by atoms with Crippen LogP contribution < -0.4 is 19.7 Å². The summed E-state index contributed by atoms with van der Waals surface area (Å²) >= 11 is 0. The van der Waals surface area contributed by atoms with Crippen LogP contribution in [0.25, 0.3) is 6.08 Å². The van der Waals surface area contributed by atoms with Crippen molar-refractivity contribution in [3.8, 4) is 11.5 Å². The van der Waals surface area contributed by atoms with E-state index in [0.29, 0.717) is 34.0 Å². The Morgan fingerprint density at radius 1 is 1.03 bits per heavy atom. The lowest BCUT2D eigenvalue weighted by Crippen LogP contribution is -2.51. The van der Waals surface area contributed by atoms with Crippen molar-refractivity contribution in [2.45, 2.75) is 24.4 Å². The van der Waals surface area contributed by atoms with Crippen molar-refractivity contribution >= 4 is 34.9 Å². The highest BCUT2D eigenvalue weighted by molar-refractivity contribution is 6.17. The second-order valence-electron chi connectivity index (χ2n) is 9.75. The van der Waals surface area contributed by atoms with Crippen LogP contribution in [0.2, 0.25) is 0 Å². The van der Waals surface area contributed by atoms with E-state index < -0.39 is 35.0 Å². The van der Waals surface area contributed by atoms with Crippen LogP contribution >= 0.6 is 0 Å². The van der Waals surface area contributed by atoms with Gasteiger partial charge >= 0.3 is 0 Å². The predicted octanol–water partition coefficient (Wildman–Crippen LogP) is 4.41. The SMILES string of the molecule is COc1ccc(OC)c(C(=O)[C@@H]2[C@H](C(C)=O)N3c4ccc(F)cc4C=C[C@@H]3[C@@]23C(=O)Nc2ccccc23)c1. The Balaban J connectivity index is 1.66. The summed E-state index contributed by atoms with van der Waals surface area (Å²) in [5.41, 5.74) is 1.17. The molecular weight excluding hydrogens is 487 g/mol. The van der Waals surface area contributed by atoms with Crippen molar-refractivity contribution in [1.29, 1.82) is 0 Å². The quantitative estimate of drug-likeness (QED) is 0.510. The summed E-state index contributed by atoms with van der Waals surface area (Å²) in [7, 11) is 2.95. The third-order valence-electron chi connectivity index (χ3n) is 7.97. The lowest BCUT2D eigenvalue weighted by Gasteiger charge is -2.37. The first-order valence-electron chi connectivity index (χ1n) is 12.3. The van der Waals surface area contributed by atoms with Crippen LogP contribution in [0.4, 0.5) is 15.8 Å². The summed E-state index contributed by atoms with van der Waals surface area (Å²) in [4.78, 5) is 44.1. The van der Waals surface area contributed by atoms with Gasteiger partial charge in [-0.05, 0) is 55.0 Å². The number of ketones is 2. The maximum atomic E-state index is 14.7. The number of nitrogens with zero attached hydrogens (tertiary/aromatic N) is 1. The Bertz CT molecular complexity index is 1550. The normalized spacial score (nSPS) is 24.5. The van der Waals surface area contributed by atoms with Gasteiger partial charge in [-0.25, -0.2) is 4.39 Å². The molecule has 0 aromatic heterocycles. The topological polar surface area (TPSA) is 84.9 Å². The number of para-hydroxylation sites is 1. The molecular formula is C30H25FN2O5. The number of rotatable bonds is 5. The first-order valence-corrected chi connectivity index (χ1v) is 12.3. The fourth-order valence-corrected chi connectivity index (χ4v) is 6.48. The summed E-state index contributed by atoms with van der Waals surface area (Å²) in [6, 6.07) is 14.7. The zero-order chi connectivity index (χ0) is 26.8. The number of carbonyl (C=O) groups excluding carboxylic acids is 3. The van der Waals surface area contributed by atoms with Crippen LogP contribution in [0.1, 0.15) is 28.4 Å². The van der Waals surface area contributed by atoms with E-state index in [-0.39, 0.29) is 17.3 Å². The molecule has 8 heteroatoms. The molecule has 6 rings (SSSR count). The largest absolute Gasteiger partial charge is 0.497 e. The van der Waals surface area contributed by atoms with Gasteiger partial charge in [0.1, 0.15) is 22.7 Å². The van der Waals surface area contributed by atoms with Crippen molar-refractivity contribution in [2.24, 2.45) is 5.92 Å². The Morgan fingerprint density at radius 3 is 2.55 bits per heavy atom. The van der Waals surface area contributed by atoms with Crippen LogP contribution in [0, 0.1) is 11.7 Å². The van der Waals surface area contributed by atoms with Crippen molar-refractivity contribution in [3.05, 3.63) is 89.2 Å². The van der Waals surface area contributed by atoms with Crippen LogP contribution in [0.3, 0.4) is 0 Å². The lowest BCUT2D eigenvalue weighted by atomic mass is 9.64. The molecule has 1 fully saturated rings. The molecule has 0 bridgehead atoms. The number of hydrogen-bond donors (Lipinski definition) is 1. The smallest absolute Gasteiger partial charge is 0.238 e. The maximum Gasteiger partial charge on any atom is 0.238 e. The number of fused-ring (bicyclic) bond motifs is 6. The molecule has 3 aliphatic rings. The van der Waals surface area contributed by atoms with E-state index in [2.05, 4.69) is 5.32 Å². The van der Waals surface area contributed by atoms with E-state index in [1.165, 1.54) is 33.3 Å². The number of benzene rings is 3. The zero-order valence-corrected chi connectivity index (χ0v) is 21.0. The van der Waals surface area contributed by atoms with Gasteiger partial charge in [-0.15, -0.1) is 0 Å². The number of methoxy groups -OCH3 is 2. The molecule has 3 aromatic rings. The summed E-state index contributed by atoms with van der Waals surface area (Å²) in [6.45, 7) is 1.42. The molecule has 3 heterocycles. The summed E-state index contributed by atoms with van der Waals surface area (Å²) in [6.07, 6.45) is 3.56. The van der Waals surface area contributed by atoms with Gasteiger partial charge < -0.3 is 19.7 Å². The molecule has 0 unspecified atom stereocenters. The zero-order valence-electron chi connectivity index (χ0n) is 21.0. The molecule has 0 radical (unpaired) electrons. The van der Waals surface area contributed by atoms with Crippen LogP contribution in [0.5, 0.6) is 11.5 Å². The Hall–Kier alpha value is -4.46. The summed E-state index contributed by atoms with van der Waals surface area (Å²) in [5.74, 6) is -1.85. The van der Waals surface area contributed by atoms with Gasteiger partial charge in [0.15, 0.2) is 11.6 Å². The van der Waals surface area contributed by atoms with E-state index in [1.807, 2.05) is 23.1 Å². The Labute approximate surface area is 218 Å². The molecule has 3 aliphatic heterocycles. The molecule has 3 aromatic carbocycles.